The molecule has 9 heteroatoms. The molecule has 9 nitrogen and oxygen atoms in total. The topological polar surface area (TPSA) is 102 Å². The highest BCUT2D eigenvalue weighted by Gasteiger charge is 2.35. The van der Waals surface area contributed by atoms with E-state index in [4.69, 9.17) is 4.74 Å². The van der Waals surface area contributed by atoms with Crippen molar-refractivity contribution in [1.29, 1.82) is 0 Å². The fourth-order valence-electron chi connectivity index (χ4n) is 2.83. The van der Waals surface area contributed by atoms with Gasteiger partial charge in [-0.1, -0.05) is 6.07 Å². The number of rotatable bonds is 5. The maximum absolute atomic E-state index is 11.8. The first-order valence-corrected chi connectivity index (χ1v) is 8.57. The lowest BCUT2D eigenvalue weighted by molar-refractivity contribution is -0.145. The Balaban J connectivity index is 1.49. The summed E-state index contributed by atoms with van der Waals surface area (Å²) >= 11 is 0. The molecule has 0 saturated heterocycles. The summed E-state index contributed by atoms with van der Waals surface area (Å²) in [6.07, 6.45) is -0.337. The van der Waals surface area contributed by atoms with Gasteiger partial charge in [0.25, 0.3) is 5.91 Å². The lowest BCUT2D eigenvalue weighted by Gasteiger charge is -2.08. The Labute approximate surface area is 154 Å². The summed E-state index contributed by atoms with van der Waals surface area (Å²) < 4.78 is 4.75. The van der Waals surface area contributed by atoms with Crippen LogP contribution < -0.4 is 10.5 Å². The predicted octanol–water partition coefficient (Wildman–Crippen LogP) is 1.68. The highest BCUT2D eigenvalue weighted by atomic mass is 16.5. The molecule has 138 valence electrons. The van der Waals surface area contributed by atoms with E-state index in [-0.39, 0.29) is 13.0 Å². The molecular weight excluding hydrogens is 348 g/mol. The van der Waals surface area contributed by atoms with Gasteiger partial charge in [-0.05, 0) is 38.5 Å². The molecule has 4 rings (SSSR count). The molecule has 3 aromatic rings. The Hall–Kier alpha value is -3.49. The molecule has 0 fully saturated rings. The molecule has 3 heterocycles. The summed E-state index contributed by atoms with van der Waals surface area (Å²) in [5, 5.41) is 5.87. The summed E-state index contributed by atoms with van der Waals surface area (Å²) in [6.45, 7) is 5.84. The standard InChI is InChI=1S/C18H18N6O3/c1-4-27-17(26)9-15(25)22-24-16-8-14(21-23(16)24)18-11(3)19-13-7-10(2)5-6-12(13)20-18/h5-8H,4,9H2,1-3H3,(H,22,25). The molecule has 1 amide bonds. The predicted molar refractivity (Wildman–Crippen MR) is 97.5 cm³/mol. The summed E-state index contributed by atoms with van der Waals surface area (Å²) in [4.78, 5) is 33.9. The normalized spacial score (nSPS) is 12.0. The van der Waals surface area contributed by atoms with Crippen molar-refractivity contribution in [3.05, 3.63) is 35.5 Å². The minimum atomic E-state index is -0.563. The minimum absolute atomic E-state index is 0.243. The van der Waals surface area contributed by atoms with E-state index in [1.807, 2.05) is 38.1 Å². The Bertz CT molecular complexity index is 1050. The number of benzene rings is 1. The van der Waals surface area contributed by atoms with Crippen LogP contribution in [-0.2, 0) is 14.3 Å². The zero-order valence-electron chi connectivity index (χ0n) is 15.2. The second-order valence-electron chi connectivity index (χ2n) is 6.26. The van der Waals surface area contributed by atoms with Crippen LogP contribution in [0.25, 0.3) is 22.4 Å². The third-order valence-electron chi connectivity index (χ3n) is 4.12. The summed E-state index contributed by atoms with van der Waals surface area (Å²) in [7, 11) is 0. The van der Waals surface area contributed by atoms with Gasteiger partial charge in [0.2, 0.25) is 0 Å². The van der Waals surface area contributed by atoms with Gasteiger partial charge in [-0.15, -0.1) is 15.0 Å². The molecule has 0 saturated carbocycles. The van der Waals surface area contributed by atoms with Crippen LogP contribution in [0.5, 0.6) is 0 Å². The van der Waals surface area contributed by atoms with Gasteiger partial charge >= 0.3 is 5.97 Å². The van der Waals surface area contributed by atoms with Crippen molar-refractivity contribution in [2.45, 2.75) is 27.2 Å². The van der Waals surface area contributed by atoms with Crippen LogP contribution in [-0.4, -0.2) is 38.3 Å². The van der Waals surface area contributed by atoms with Crippen LogP contribution in [0.1, 0.15) is 24.6 Å². The van der Waals surface area contributed by atoms with Crippen molar-refractivity contribution < 1.29 is 14.3 Å². The number of hydrogen-bond acceptors (Lipinski definition) is 7. The van der Waals surface area contributed by atoms with Crippen molar-refractivity contribution in [2.75, 3.05) is 11.7 Å². The number of aromatic nitrogens is 4. The van der Waals surface area contributed by atoms with Crippen LogP contribution in [0.15, 0.2) is 24.3 Å². The van der Waals surface area contributed by atoms with E-state index in [2.05, 4.69) is 20.5 Å². The monoisotopic (exact) mass is 366 g/mol. The maximum atomic E-state index is 11.8. The number of hydrazine groups is 1. The number of carbonyl (C=O) groups is 2. The molecule has 0 unspecified atom stereocenters. The highest BCUT2D eigenvalue weighted by Crippen LogP contribution is 2.33. The van der Waals surface area contributed by atoms with Gasteiger partial charge in [-0.3, -0.25) is 9.59 Å². The Morgan fingerprint density at radius 2 is 1.96 bits per heavy atom. The number of fused-ring (bicyclic) bond motifs is 2. The number of amides is 1. The van der Waals surface area contributed by atoms with E-state index in [1.54, 1.807) is 6.92 Å². The van der Waals surface area contributed by atoms with E-state index >= 15 is 0 Å². The SMILES string of the molecule is CCOC(=O)CC(=O)NN1c2cc(-c3nc4ccc(C)cc4nc3C)nn21. The van der Waals surface area contributed by atoms with Gasteiger partial charge in [-0.25, -0.2) is 15.4 Å². The first kappa shape index (κ1) is 17.0. The minimum Gasteiger partial charge on any atom is -0.466 e. The van der Waals surface area contributed by atoms with E-state index in [9.17, 15) is 9.59 Å². The fraction of sp³-hybridized carbons (Fsp3) is 0.278. The second kappa shape index (κ2) is 6.35. The molecular formula is C18H18N6O3. The number of nitrogens with one attached hydrogen (secondary N) is 1. The van der Waals surface area contributed by atoms with E-state index in [0.29, 0.717) is 17.2 Å². The molecule has 1 aromatic carbocycles. The Morgan fingerprint density at radius 3 is 2.67 bits per heavy atom. The third kappa shape index (κ3) is 3.19. The molecule has 0 bridgehead atoms. The van der Waals surface area contributed by atoms with E-state index in [0.717, 1.165) is 22.3 Å². The molecule has 0 spiro atoms. The van der Waals surface area contributed by atoms with Crippen LogP contribution in [0.4, 0.5) is 5.82 Å². The summed E-state index contributed by atoms with van der Waals surface area (Å²) in [6, 6.07) is 7.73. The first-order chi connectivity index (χ1) is 13.0. The molecule has 0 radical (unpaired) electrons. The van der Waals surface area contributed by atoms with Gasteiger partial charge in [0, 0.05) is 6.07 Å². The largest absolute Gasteiger partial charge is 0.466 e. The van der Waals surface area contributed by atoms with Crippen molar-refractivity contribution in [1.82, 2.24) is 25.3 Å². The zero-order valence-corrected chi connectivity index (χ0v) is 15.2. The van der Waals surface area contributed by atoms with Crippen molar-refractivity contribution in [3.63, 3.8) is 0 Å². The number of nitrogens with zero attached hydrogens (tertiary/aromatic N) is 5. The molecule has 1 aliphatic heterocycles. The van der Waals surface area contributed by atoms with Crippen LogP contribution in [0.2, 0.25) is 0 Å². The molecule has 0 aliphatic carbocycles. The smallest absolute Gasteiger partial charge is 0.315 e. The fourth-order valence-corrected chi connectivity index (χ4v) is 2.83. The van der Waals surface area contributed by atoms with Gasteiger partial charge in [0.15, 0.2) is 5.82 Å². The number of anilines is 1. The molecule has 1 N–H and O–H groups in total. The highest BCUT2D eigenvalue weighted by molar-refractivity contribution is 5.95. The number of carbonyl (C=O) groups excluding carboxylic acids is 2. The first-order valence-electron chi connectivity index (χ1n) is 8.57. The van der Waals surface area contributed by atoms with Crippen molar-refractivity contribution in [2.24, 2.45) is 0 Å². The molecule has 27 heavy (non-hydrogen) atoms. The quantitative estimate of drug-likeness (QED) is 0.416. The van der Waals surface area contributed by atoms with Gasteiger partial charge in [0.1, 0.15) is 17.8 Å². The van der Waals surface area contributed by atoms with Crippen LogP contribution in [0.3, 0.4) is 0 Å². The van der Waals surface area contributed by atoms with Gasteiger partial charge in [-0.2, -0.15) is 0 Å². The number of ether oxygens (including phenoxy) is 1. The molecule has 2 aromatic heterocycles. The lowest BCUT2D eigenvalue weighted by Crippen LogP contribution is -2.36. The van der Waals surface area contributed by atoms with Gasteiger partial charge < -0.3 is 4.74 Å². The number of hydrogen-bond donors (Lipinski definition) is 1. The zero-order chi connectivity index (χ0) is 19.1. The average molecular weight is 366 g/mol. The van der Waals surface area contributed by atoms with Crippen LogP contribution >= 0.6 is 0 Å². The van der Waals surface area contributed by atoms with Crippen LogP contribution in [0, 0.1) is 13.8 Å². The van der Waals surface area contributed by atoms with Crippen molar-refractivity contribution in [3.8, 4) is 11.4 Å². The van der Waals surface area contributed by atoms with E-state index in [1.165, 1.54) is 9.91 Å². The number of esters is 1. The molecule has 0 atom stereocenters. The lowest BCUT2D eigenvalue weighted by atomic mass is 10.2. The number of aryl methyl sites for hydroxylation is 2. The summed E-state index contributed by atoms with van der Waals surface area (Å²) in [5.41, 5.74) is 7.51. The maximum Gasteiger partial charge on any atom is 0.315 e. The van der Waals surface area contributed by atoms with Gasteiger partial charge in [0.05, 0.1) is 23.3 Å². The summed E-state index contributed by atoms with van der Waals surface area (Å²) in [5.74, 6) is -0.322. The van der Waals surface area contributed by atoms with E-state index < -0.39 is 11.9 Å². The Kier molecular flexibility index (Phi) is 3.98. The second-order valence-corrected chi connectivity index (χ2v) is 6.26. The Morgan fingerprint density at radius 1 is 1.15 bits per heavy atom. The average Bonchev–Trinajstić information content (AvgIpc) is 3.04. The molecule has 1 aliphatic rings. The third-order valence-corrected chi connectivity index (χ3v) is 4.12. The van der Waals surface area contributed by atoms with Crippen molar-refractivity contribution >= 4 is 28.7 Å².